The van der Waals surface area contributed by atoms with E-state index in [0.717, 1.165) is 18.7 Å². The third-order valence-electron chi connectivity index (χ3n) is 4.63. The number of fused-ring (bicyclic) bond motifs is 2. The Morgan fingerprint density at radius 2 is 1.82 bits per heavy atom. The molecule has 1 aliphatic heterocycles. The standard InChI is InChI=1S/C21H18N2O5/c1-2-27-20(25)13-5-8-15(9-6-13)28-21(26)14-7-10-16-17(12-14)22-18-4-3-11-23(18)19(16)24/h5-10,12H,2-4,11H2,1H3. The zero-order valence-electron chi connectivity index (χ0n) is 15.3. The quantitative estimate of drug-likeness (QED) is 0.512. The van der Waals surface area contributed by atoms with Gasteiger partial charge in [0, 0.05) is 13.0 Å². The largest absolute Gasteiger partial charge is 0.462 e. The van der Waals surface area contributed by atoms with Gasteiger partial charge in [0.15, 0.2) is 0 Å². The van der Waals surface area contributed by atoms with Gasteiger partial charge in [0.1, 0.15) is 11.6 Å². The maximum Gasteiger partial charge on any atom is 0.343 e. The van der Waals surface area contributed by atoms with Crippen molar-refractivity contribution in [2.24, 2.45) is 0 Å². The average molecular weight is 378 g/mol. The Morgan fingerprint density at radius 1 is 1.07 bits per heavy atom. The molecule has 0 saturated heterocycles. The second kappa shape index (κ2) is 7.26. The van der Waals surface area contributed by atoms with Crippen LogP contribution in [0.25, 0.3) is 10.9 Å². The summed E-state index contributed by atoms with van der Waals surface area (Å²) in [5.74, 6) is 0.0608. The molecule has 2 aromatic carbocycles. The molecule has 0 saturated carbocycles. The molecule has 1 aromatic heterocycles. The van der Waals surface area contributed by atoms with Gasteiger partial charge >= 0.3 is 11.9 Å². The van der Waals surface area contributed by atoms with E-state index in [4.69, 9.17) is 9.47 Å². The molecule has 7 heteroatoms. The van der Waals surface area contributed by atoms with Gasteiger partial charge in [0.05, 0.1) is 28.6 Å². The number of rotatable bonds is 4. The maximum atomic E-state index is 12.5. The van der Waals surface area contributed by atoms with Crippen molar-refractivity contribution < 1.29 is 19.1 Å². The Bertz CT molecular complexity index is 1130. The predicted octanol–water partition coefficient (Wildman–Crippen LogP) is 2.74. The van der Waals surface area contributed by atoms with Gasteiger partial charge in [-0.25, -0.2) is 14.6 Å². The lowest BCUT2D eigenvalue weighted by Gasteiger charge is -2.08. The third-order valence-corrected chi connectivity index (χ3v) is 4.63. The third kappa shape index (κ3) is 3.26. The highest BCUT2D eigenvalue weighted by Gasteiger charge is 2.18. The van der Waals surface area contributed by atoms with E-state index >= 15 is 0 Å². The lowest BCUT2D eigenvalue weighted by Crippen LogP contribution is -2.21. The van der Waals surface area contributed by atoms with Gasteiger partial charge in [0.2, 0.25) is 0 Å². The summed E-state index contributed by atoms with van der Waals surface area (Å²) in [5, 5.41) is 0.487. The Hall–Kier alpha value is -3.48. The van der Waals surface area contributed by atoms with Crippen LogP contribution in [0.4, 0.5) is 0 Å². The summed E-state index contributed by atoms with van der Waals surface area (Å²) in [5.41, 5.74) is 1.10. The topological polar surface area (TPSA) is 87.5 Å². The van der Waals surface area contributed by atoms with Crippen molar-refractivity contribution in [1.29, 1.82) is 0 Å². The number of benzene rings is 2. The molecule has 0 atom stereocenters. The summed E-state index contributed by atoms with van der Waals surface area (Å²) in [6, 6.07) is 10.9. The normalized spacial score (nSPS) is 12.6. The number of ether oxygens (including phenoxy) is 2. The molecule has 28 heavy (non-hydrogen) atoms. The van der Waals surface area contributed by atoms with E-state index in [1.54, 1.807) is 29.7 Å². The zero-order chi connectivity index (χ0) is 19.7. The van der Waals surface area contributed by atoms with Crippen molar-refractivity contribution in [1.82, 2.24) is 9.55 Å². The number of carbonyl (C=O) groups is 2. The number of hydrogen-bond acceptors (Lipinski definition) is 6. The molecular weight excluding hydrogens is 360 g/mol. The Kier molecular flexibility index (Phi) is 4.65. The van der Waals surface area contributed by atoms with Crippen molar-refractivity contribution in [2.75, 3.05) is 6.61 Å². The van der Waals surface area contributed by atoms with Crippen molar-refractivity contribution in [3.8, 4) is 5.75 Å². The van der Waals surface area contributed by atoms with Crippen LogP contribution >= 0.6 is 0 Å². The molecule has 0 amide bonds. The van der Waals surface area contributed by atoms with E-state index in [9.17, 15) is 14.4 Å². The molecule has 0 aliphatic carbocycles. The predicted molar refractivity (Wildman–Crippen MR) is 102 cm³/mol. The lowest BCUT2D eigenvalue weighted by molar-refractivity contribution is 0.0526. The van der Waals surface area contributed by atoms with Gasteiger partial charge in [-0.2, -0.15) is 0 Å². The van der Waals surface area contributed by atoms with E-state index in [-0.39, 0.29) is 5.56 Å². The molecule has 0 N–H and O–H groups in total. The maximum absolute atomic E-state index is 12.5. The van der Waals surface area contributed by atoms with E-state index in [0.29, 0.717) is 40.9 Å². The van der Waals surface area contributed by atoms with E-state index in [1.165, 1.54) is 24.3 Å². The molecule has 4 rings (SSSR count). The highest BCUT2D eigenvalue weighted by Crippen LogP contribution is 2.19. The number of carbonyl (C=O) groups excluding carboxylic acids is 2. The average Bonchev–Trinajstić information content (AvgIpc) is 3.17. The van der Waals surface area contributed by atoms with Gasteiger partial charge in [-0.05, 0) is 55.8 Å². The molecule has 2 heterocycles. The minimum Gasteiger partial charge on any atom is -0.462 e. The van der Waals surface area contributed by atoms with E-state index in [2.05, 4.69) is 4.98 Å². The van der Waals surface area contributed by atoms with E-state index in [1.807, 2.05) is 0 Å². The molecule has 7 nitrogen and oxygen atoms in total. The summed E-state index contributed by atoms with van der Waals surface area (Å²) >= 11 is 0. The van der Waals surface area contributed by atoms with Gasteiger partial charge < -0.3 is 9.47 Å². The van der Waals surface area contributed by atoms with Crippen molar-refractivity contribution in [3.63, 3.8) is 0 Å². The summed E-state index contributed by atoms with van der Waals surface area (Å²) < 4.78 is 12.0. The molecule has 0 fully saturated rings. The molecule has 0 unspecified atom stereocenters. The van der Waals surface area contributed by atoms with Gasteiger partial charge in [0.25, 0.3) is 5.56 Å². The summed E-state index contributed by atoms with van der Waals surface area (Å²) in [4.78, 5) is 41.2. The Morgan fingerprint density at radius 3 is 2.57 bits per heavy atom. The van der Waals surface area contributed by atoms with Crippen LogP contribution in [0.5, 0.6) is 5.75 Å². The fourth-order valence-corrected chi connectivity index (χ4v) is 3.25. The fourth-order valence-electron chi connectivity index (χ4n) is 3.25. The van der Waals surface area contributed by atoms with Crippen LogP contribution in [0.2, 0.25) is 0 Å². The van der Waals surface area contributed by atoms with Crippen molar-refractivity contribution in [2.45, 2.75) is 26.3 Å². The zero-order valence-corrected chi connectivity index (χ0v) is 15.3. The smallest absolute Gasteiger partial charge is 0.343 e. The first-order chi connectivity index (χ1) is 13.6. The summed E-state index contributed by atoms with van der Waals surface area (Å²) in [6.45, 7) is 2.70. The minimum atomic E-state index is -0.562. The van der Waals surface area contributed by atoms with Crippen LogP contribution in [0.15, 0.2) is 47.3 Å². The molecule has 142 valence electrons. The van der Waals surface area contributed by atoms with Crippen LogP contribution in [0, 0.1) is 0 Å². The summed E-state index contributed by atoms with van der Waals surface area (Å²) in [7, 11) is 0. The molecule has 0 spiro atoms. The fraction of sp³-hybridized carbons (Fsp3) is 0.238. The van der Waals surface area contributed by atoms with Crippen LogP contribution in [0.1, 0.15) is 39.9 Å². The number of nitrogens with zero attached hydrogens (tertiary/aromatic N) is 2. The summed E-state index contributed by atoms with van der Waals surface area (Å²) in [6.07, 6.45) is 1.65. The first kappa shape index (κ1) is 17.9. The molecule has 3 aromatic rings. The lowest BCUT2D eigenvalue weighted by atomic mass is 10.1. The highest BCUT2D eigenvalue weighted by atomic mass is 16.5. The molecule has 1 aliphatic rings. The first-order valence-electron chi connectivity index (χ1n) is 9.09. The second-order valence-electron chi connectivity index (χ2n) is 6.45. The van der Waals surface area contributed by atoms with E-state index < -0.39 is 11.9 Å². The Balaban J connectivity index is 1.56. The second-order valence-corrected chi connectivity index (χ2v) is 6.45. The van der Waals surface area contributed by atoms with Gasteiger partial charge in [-0.15, -0.1) is 0 Å². The molecular formula is C21H18N2O5. The van der Waals surface area contributed by atoms with Crippen LogP contribution in [-0.4, -0.2) is 28.1 Å². The minimum absolute atomic E-state index is 0.0769. The Labute approximate surface area is 160 Å². The number of esters is 2. The number of aromatic nitrogens is 2. The first-order valence-corrected chi connectivity index (χ1v) is 9.09. The highest BCUT2D eigenvalue weighted by molar-refractivity contribution is 5.95. The van der Waals surface area contributed by atoms with Crippen molar-refractivity contribution >= 4 is 22.8 Å². The van der Waals surface area contributed by atoms with Gasteiger partial charge in [-0.3, -0.25) is 9.36 Å². The van der Waals surface area contributed by atoms with Crippen LogP contribution < -0.4 is 10.3 Å². The van der Waals surface area contributed by atoms with Crippen LogP contribution in [0.3, 0.4) is 0 Å². The number of hydrogen-bond donors (Lipinski definition) is 0. The monoisotopic (exact) mass is 378 g/mol. The van der Waals surface area contributed by atoms with Crippen LogP contribution in [-0.2, 0) is 17.7 Å². The van der Waals surface area contributed by atoms with Gasteiger partial charge in [-0.1, -0.05) is 0 Å². The van der Waals surface area contributed by atoms with Crippen molar-refractivity contribution in [3.05, 3.63) is 69.8 Å². The molecule has 0 radical (unpaired) electrons. The molecule has 0 bridgehead atoms. The number of aryl methyl sites for hydroxylation is 1. The SMILES string of the molecule is CCOC(=O)c1ccc(OC(=O)c2ccc3c(=O)n4c(nc3c2)CCC4)cc1.